The molecule has 2 nitrogen and oxygen atoms in total. The molecule has 2 rings (SSSR count). The fourth-order valence-electron chi connectivity index (χ4n) is 1.35. The van der Waals surface area contributed by atoms with Crippen LogP contribution >= 0.6 is 11.3 Å². The highest BCUT2D eigenvalue weighted by atomic mass is 32.1. The largest absolute Gasteiger partial charge is 0.488 e. The van der Waals surface area contributed by atoms with Crippen LogP contribution in [0, 0.1) is 0 Å². The van der Waals surface area contributed by atoms with Crippen LogP contribution in [0.15, 0.2) is 41.8 Å². The van der Waals surface area contributed by atoms with Gasteiger partial charge in [0.1, 0.15) is 12.4 Å². The normalized spacial score (nSPS) is 10.1. The van der Waals surface area contributed by atoms with Crippen molar-refractivity contribution < 1.29 is 9.53 Å². The first-order chi connectivity index (χ1) is 7.75. The molecule has 0 saturated heterocycles. The van der Waals surface area contributed by atoms with Crippen LogP contribution < -0.4 is 4.74 Å². The van der Waals surface area contributed by atoms with Crippen molar-refractivity contribution in [1.82, 2.24) is 0 Å². The van der Waals surface area contributed by atoms with Gasteiger partial charge in [-0.1, -0.05) is 18.2 Å². The highest BCUT2D eigenvalue weighted by Gasteiger charge is 2.01. The predicted octanol–water partition coefficient (Wildman–Crippen LogP) is 3.53. The molecule has 0 unspecified atom stereocenters. The molecular weight excluding hydrogens is 220 g/mol. The second kappa shape index (κ2) is 4.94. The summed E-state index contributed by atoms with van der Waals surface area (Å²) < 4.78 is 5.60. The quantitative estimate of drug-likeness (QED) is 0.754. The topological polar surface area (TPSA) is 26.3 Å². The molecular formula is C13H12O2S. The van der Waals surface area contributed by atoms with Crippen molar-refractivity contribution in [3.8, 4) is 5.75 Å². The average Bonchev–Trinajstić information content (AvgIpc) is 2.79. The molecule has 0 N–H and O–H groups in total. The molecule has 0 amide bonds. The number of thiophene rings is 1. The fraction of sp³-hybridized carbons (Fsp3) is 0.154. The molecule has 1 heterocycles. The number of carbonyl (C=O) groups excluding carboxylic acids is 1. The Labute approximate surface area is 98.5 Å². The fourth-order valence-corrected chi connectivity index (χ4v) is 1.97. The molecule has 0 spiro atoms. The van der Waals surface area contributed by atoms with Gasteiger partial charge in [0.15, 0.2) is 5.78 Å². The van der Waals surface area contributed by atoms with Crippen molar-refractivity contribution in [1.29, 1.82) is 0 Å². The Balaban J connectivity index is 2.04. The lowest BCUT2D eigenvalue weighted by molar-refractivity contribution is 0.101. The number of ketones is 1. The third kappa shape index (κ3) is 2.70. The number of carbonyl (C=O) groups is 1. The summed E-state index contributed by atoms with van der Waals surface area (Å²) in [5.74, 6) is 0.794. The maximum atomic E-state index is 11.2. The van der Waals surface area contributed by atoms with Gasteiger partial charge in [0.2, 0.25) is 0 Å². The number of ether oxygens (including phenoxy) is 1. The van der Waals surface area contributed by atoms with E-state index in [4.69, 9.17) is 4.74 Å². The summed E-state index contributed by atoms with van der Waals surface area (Å²) in [5, 5.41) is 2.02. The minimum absolute atomic E-state index is 0.0570. The van der Waals surface area contributed by atoms with Crippen LogP contribution in [-0.4, -0.2) is 5.78 Å². The van der Waals surface area contributed by atoms with Gasteiger partial charge in [-0.2, -0.15) is 0 Å². The van der Waals surface area contributed by atoms with Gasteiger partial charge in [-0.05, 0) is 30.5 Å². The summed E-state index contributed by atoms with van der Waals surface area (Å²) >= 11 is 1.66. The van der Waals surface area contributed by atoms with Crippen LogP contribution in [0.2, 0.25) is 0 Å². The maximum Gasteiger partial charge on any atom is 0.159 e. The second-order valence-corrected chi connectivity index (χ2v) is 4.48. The number of hydrogen-bond acceptors (Lipinski definition) is 3. The highest BCUT2D eigenvalue weighted by molar-refractivity contribution is 7.09. The number of benzene rings is 1. The Bertz CT molecular complexity index is 474. The first-order valence-electron chi connectivity index (χ1n) is 5.02. The second-order valence-electron chi connectivity index (χ2n) is 3.45. The third-order valence-electron chi connectivity index (χ3n) is 2.20. The van der Waals surface area contributed by atoms with E-state index in [9.17, 15) is 4.79 Å². The van der Waals surface area contributed by atoms with Crippen molar-refractivity contribution in [3.05, 3.63) is 52.2 Å². The van der Waals surface area contributed by atoms with Crippen molar-refractivity contribution in [2.75, 3.05) is 0 Å². The average molecular weight is 232 g/mol. The molecule has 16 heavy (non-hydrogen) atoms. The Morgan fingerprint density at radius 1 is 1.31 bits per heavy atom. The van der Waals surface area contributed by atoms with E-state index in [2.05, 4.69) is 0 Å². The van der Waals surface area contributed by atoms with E-state index in [0.29, 0.717) is 12.2 Å². The van der Waals surface area contributed by atoms with Gasteiger partial charge in [-0.3, -0.25) is 4.79 Å². The Kier molecular flexibility index (Phi) is 3.37. The monoisotopic (exact) mass is 232 g/mol. The van der Waals surface area contributed by atoms with Gasteiger partial charge in [0.25, 0.3) is 0 Å². The van der Waals surface area contributed by atoms with E-state index < -0.39 is 0 Å². The summed E-state index contributed by atoms with van der Waals surface area (Å²) in [6, 6.07) is 11.3. The van der Waals surface area contributed by atoms with Crippen LogP contribution in [0.4, 0.5) is 0 Å². The van der Waals surface area contributed by atoms with Gasteiger partial charge < -0.3 is 4.74 Å². The van der Waals surface area contributed by atoms with Crippen LogP contribution in [0.25, 0.3) is 0 Å². The SMILES string of the molecule is CC(=O)c1cccc(OCc2cccs2)c1. The van der Waals surface area contributed by atoms with E-state index in [1.165, 1.54) is 4.88 Å². The van der Waals surface area contributed by atoms with Crippen molar-refractivity contribution in [2.24, 2.45) is 0 Å². The first kappa shape index (κ1) is 10.9. The Morgan fingerprint density at radius 3 is 2.88 bits per heavy atom. The van der Waals surface area contributed by atoms with Gasteiger partial charge in [0.05, 0.1) is 0 Å². The lowest BCUT2D eigenvalue weighted by Gasteiger charge is -2.05. The van der Waals surface area contributed by atoms with Gasteiger partial charge in [-0.15, -0.1) is 11.3 Å². The summed E-state index contributed by atoms with van der Waals surface area (Å²) in [6.45, 7) is 2.11. The van der Waals surface area contributed by atoms with E-state index in [-0.39, 0.29) is 5.78 Å². The van der Waals surface area contributed by atoms with Crippen molar-refractivity contribution >= 4 is 17.1 Å². The lowest BCUT2D eigenvalue weighted by atomic mass is 10.1. The van der Waals surface area contributed by atoms with Crippen molar-refractivity contribution in [3.63, 3.8) is 0 Å². The smallest absolute Gasteiger partial charge is 0.159 e. The molecule has 0 bridgehead atoms. The number of rotatable bonds is 4. The van der Waals surface area contributed by atoms with Crippen LogP contribution in [-0.2, 0) is 6.61 Å². The molecule has 1 aromatic heterocycles. The zero-order valence-electron chi connectivity index (χ0n) is 8.97. The van der Waals surface area contributed by atoms with Crippen molar-refractivity contribution in [2.45, 2.75) is 13.5 Å². The molecule has 0 atom stereocenters. The molecule has 0 saturated carbocycles. The molecule has 0 aliphatic carbocycles. The molecule has 0 aliphatic heterocycles. The van der Waals surface area contributed by atoms with Crippen LogP contribution in [0.1, 0.15) is 22.2 Å². The molecule has 3 heteroatoms. The minimum atomic E-state index is 0.0570. The minimum Gasteiger partial charge on any atom is -0.488 e. The van der Waals surface area contributed by atoms with Gasteiger partial charge in [-0.25, -0.2) is 0 Å². The summed E-state index contributed by atoms with van der Waals surface area (Å²) in [6.07, 6.45) is 0. The van der Waals surface area contributed by atoms with Crippen LogP contribution in [0.5, 0.6) is 5.75 Å². The summed E-state index contributed by atoms with van der Waals surface area (Å²) in [5.41, 5.74) is 0.684. The Hall–Kier alpha value is -1.61. The standard InChI is InChI=1S/C13H12O2S/c1-10(14)11-4-2-5-12(8-11)15-9-13-6-3-7-16-13/h2-8H,9H2,1H3. The molecule has 0 fully saturated rings. The number of Topliss-reactive ketones (excluding diaryl/α,β-unsaturated/α-hetero) is 1. The Morgan fingerprint density at radius 2 is 2.19 bits per heavy atom. The lowest BCUT2D eigenvalue weighted by Crippen LogP contribution is -1.96. The molecule has 0 aliphatic rings. The van der Waals surface area contributed by atoms with E-state index in [1.54, 1.807) is 30.4 Å². The third-order valence-corrected chi connectivity index (χ3v) is 3.05. The number of hydrogen-bond donors (Lipinski definition) is 0. The van der Waals surface area contributed by atoms with Gasteiger partial charge >= 0.3 is 0 Å². The molecule has 82 valence electrons. The van der Waals surface area contributed by atoms with E-state index in [0.717, 1.165) is 5.75 Å². The zero-order valence-corrected chi connectivity index (χ0v) is 9.79. The molecule has 0 radical (unpaired) electrons. The van der Waals surface area contributed by atoms with Gasteiger partial charge in [0, 0.05) is 10.4 Å². The molecule has 2 aromatic rings. The highest BCUT2D eigenvalue weighted by Crippen LogP contribution is 2.17. The zero-order chi connectivity index (χ0) is 11.4. The summed E-state index contributed by atoms with van der Waals surface area (Å²) in [4.78, 5) is 12.4. The first-order valence-corrected chi connectivity index (χ1v) is 5.90. The van der Waals surface area contributed by atoms with E-state index >= 15 is 0 Å². The van der Waals surface area contributed by atoms with Crippen LogP contribution in [0.3, 0.4) is 0 Å². The maximum absolute atomic E-state index is 11.2. The predicted molar refractivity (Wildman–Crippen MR) is 65.1 cm³/mol. The molecule has 1 aromatic carbocycles. The van der Waals surface area contributed by atoms with E-state index in [1.807, 2.05) is 29.6 Å². The summed E-state index contributed by atoms with van der Waals surface area (Å²) in [7, 11) is 0.